The fraction of sp³-hybridized carbons (Fsp3) is 0.222. The number of non-ortho nitro benzene ring substituents is 1. The third-order valence-corrected chi connectivity index (χ3v) is 4.92. The molecule has 0 unspecified atom stereocenters. The average molecular weight is 370 g/mol. The van der Waals surface area contributed by atoms with Gasteiger partial charge in [0.2, 0.25) is 0 Å². The van der Waals surface area contributed by atoms with Gasteiger partial charge in [-0.15, -0.1) is 0 Å². The molecule has 8 heteroatoms. The molecule has 0 saturated carbocycles. The minimum Gasteiger partial charge on any atom is -0.317 e. The second-order valence-electron chi connectivity index (χ2n) is 5.50. The molecule has 7 nitrogen and oxygen atoms in total. The Kier molecular flexibility index (Phi) is 5.22. The summed E-state index contributed by atoms with van der Waals surface area (Å²) in [5.41, 5.74) is 1.46. The first-order valence-electron chi connectivity index (χ1n) is 8.23. The first-order chi connectivity index (χ1) is 12.5. The van der Waals surface area contributed by atoms with Gasteiger partial charge < -0.3 is 4.57 Å². The Hall–Kier alpha value is -2.87. The maximum Gasteiger partial charge on any atom is 0.271 e. The second kappa shape index (κ2) is 7.57. The van der Waals surface area contributed by atoms with Crippen LogP contribution in [0, 0.1) is 10.1 Å². The molecule has 0 aliphatic carbocycles. The van der Waals surface area contributed by atoms with Crippen LogP contribution in [0.25, 0.3) is 11.8 Å². The number of amidine groups is 1. The number of carbonyl (C=O) groups excluding carboxylic acids is 1. The van der Waals surface area contributed by atoms with E-state index in [0.717, 1.165) is 5.69 Å². The van der Waals surface area contributed by atoms with E-state index in [1.165, 1.54) is 23.9 Å². The van der Waals surface area contributed by atoms with Crippen LogP contribution in [0.4, 0.5) is 5.69 Å². The third-order valence-electron chi connectivity index (χ3n) is 3.88. The van der Waals surface area contributed by atoms with Gasteiger partial charge in [0.15, 0.2) is 5.17 Å². The Morgan fingerprint density at radius 3 is 2.77 bits per heavy atom. The largest absolute Gasteiger partial charge is 0.317 e. The van der Waals surface area contributed by atoms with Crippen molar-refractivity contribution in [3.05, 3.63) is 63.3 Å². The zero-order chi connectivity index (χ0) is 18.7. The van der Waals surface area contributed by atoms with Crippen LogP contribution in [0.15, 0.2) is 52.5 Å². The highest BCUT2D eigenvalue weighted by Gasteiger charge is 2.32. The van der Waals surface area contributed by atoms with E-state index in [2.05, 4.69) is 4.99 Å². The molecular weight excluding hydrogens is 352 g/mol. The normalized spacial score (nSPS) is 17.5. The van der Waals surface area contributed by atoms with Crippen molar-refractivity contribution >= 4 is 34.6 Å². The molecule has 0 spiro atoms. The van der Waals surface area contributed by atoms with Crippen LogP contribution in [0.2, 0.25) is 0 Å². The van der Waals surface area contributed by atoms with Crippen molar-refractivity contribution in [2.45, 2.75) is 13.8 Å². The third kappa shape index (κ3) is 3.41. The summed E-state index contributed by atoms with van der Waals surface area (Å²) in [5.74, 6) is -0.0727. The zero-order valence-corrected chi connectivity index (χ0v) is 15.3. The van der Waals surface area contributed by atoms with E-state index >= 15 is 0 Å². The summed E-state index contributed by atoms with van der Waals surface area (Å²) in [4.78, 5) is 29.8. The number of aromatic nitrogens is 1. The van der Waals surface area contributed by atoms with E-state index in [0.29, 0.717) is 28.8 Å². The number of nitro benzene ring substituents is 1. The smallest absolute Gasteiger partial charge is 0.271 e. The molecule has 1 aromatic heterocycles. The lowest BCUT2D eigenvalue weighted by atomic mass is 10.2. The fourth-order valence-corrected chi connectivity index (χ4v) is 3.77. The minimum absolute atomic E-state index is 0.0237. The topological polar surface area (TPSA) is 80.7 Å². The van der Waals surface area contributed by atoms with Crippen LogP contribution >= 0.6 is 11.8 Å². The molecule has 0 radical (unpaired) electrons. The number of hydrogen-bond donors (Lipinski definition) is 0. The van der Waals surface area contributed by atoms with Crippen LogP contribution in [0.1, 0.15) is 19.5 Å². The molecule has 134 valence electrons. The molecule has 0 N–H and O–H groups in total. The van der Waals surface area contributed by atoms with E-state index in [9.17, 15) is 14.9 Å². The fourth-order valence-electron chi connectivity index (χ4n) is 2.68. The van der Waals surface area contributed by atoms with E-state index in [4.69, 9.17) is 0 Å². The number of likely N-dealkylation sites (N-methyl/N-ethyl adjacent to an activating group) is 1. The Morgan fingerprint density at radius 1 is 1.27 bits per heavy atom. The first-order valence-corrected chi connectivity index (χ1v) is 9.04. The number of amides is 1. The van der Waals surface area contributed by atoms with Crippen molar-refractivity contribution in [3.63, 3.8) is 0 Å². The number of rotatable bonds is 5. The minimum atomic E-state index is -0.423. The van der Waals surface area contributed by atoms with Gasteiger partial charge in [-0.2, -0.15) is 0 Å². The van der Waals surface area contributed by atoms with Crippen molar-refractivity contribution in [1.29, 1.82) is 0 Å². The van der Waals surface area contributed by atoms with Gasteiger partial charge in [-0.1, -0.05) is 6.07 Å². The molecule has 0 atom stereocenters. The highest BCUT2D eigenvalue weighted by Crippen LogP contribution is 2.33. The molecule has 2 heterocycles. The number of thioether (sulfide) groups is 1. The number of carbonyl (C=O) groups is 1. The average Bonchev–Trinajstić information content (AvgIpc) is 3.20. The van der Waals surface area contributed by atoms with Crippen LogP contribution in [0.3, 0.4) is 0 Å². The van der Waals surface area contributed by atoms with E-state index in [1.54, 1.807) is 23.1 Å². The lowest BCUT2D eigenvalue weighted by molar-refractivity contribution is -0.384. The maximum atomic E-state index is 12.6. The van der Waals surface area contributed by atoms with Crippen molar-refractivity contribution in [3.8, 4) is 5.69 Å². The number of aliphatic imine (C=N–C) groups is 1. The van der Waals surface area contributed by atoms with Gasteiger partial charge in [0.05, 0.1) is 15.5 Å². The molecule has 0 bridgehead atoms. The molecule has 26 heavy (non-hydrogen) atoms. The number of benzene rings is 1. The summed E-state index contributed by atoms with van der Waals surface area (Å²) < 4.78 is 1.82. The first kappa shape index (κ1) is 17.9. The molecule has 1 saturated heterocycles. The van der Waals surface area contributed by atoms with Crippen LogP contribution in [-0.4, -0.2) is 38.6 Å². The van der Waals surface area contributed by atoms with Crippen molar-refractivity contribution in [1.82, 2.24) is 9.47 Å². The molecule has 3 rings (SSSR count). The van der Waals surface area contributed by atoms with Crippen LogP contribution in [0.5, 0.6) is 0 Å². The van der Waals surface area contributed by atoms with Gasteiger partial charge in [0.1, 0.15) is 0 Å². The van der Waals surface area contributed by atoms with E-state index in [1.807, 2.05) is 36.7 Å². The van der Waals surface area contributed by atoms with Gasteiger partial charge in [-0.3, -0.25) is 24.8 Å². The number of nitro groups is 1. The number of hydrogen-bond acceptors (Lipinski definition) is 5. The lowest BCUT2D eigenvalue weighted by Crippen LogP contribution is -2.28. The molecular formula is C18H18N4O3S. The summed E-state index contributed by atoms with van der Waals surface area (Å²) in [5, 5.41) is 11.7. The second-order valence-corrected chi connectivity index (χ2v) is 6.51. The van der Waals surface area contributed by atoms with Gasteiger partial charge in [-0.25, -0.2) is 0 Å². The predicted octanol–water partition coefficient (Wildman–Crippen LogP) is 3.70. The Balaban J connectivity index is 1.98. The van der Waals surface area contributed by atoms with Crippen LogP contribution in [-0.2, 0) is 4.79 Å². The maximum absolute atomic E-state index is 12.6. The van der Waals surface area contributed by atoms with Crippen molar-refractivity contribution in [2.24, 2.45) is 4.99 Å². The molecule has 1 amide bonds. The molecule has 1 aromatic carbocycles. The van der Waals surface area contributed by atoms with E-state index < -0.39 is 4.92 Å². The van der Waals surface area contributed by atoms with Gasteiger partial charge in [0, 0.05) is 37.1 Å². The highest BCUT2D eigenvalue weighted by molar-refractivity contribution is 8.18. The predicted molar refractivity (Wildman–Crippen MR) is 103 cm³/mol. The summed E-state index contributed by atoms with van der Waals surface area (Å²) >= 11 is 1.35. The Bertz CT molecular complexity index is 917. The summed E-state index contributed by atoms with van der Waals surface area (Å²) in [6, 6.07) is 10.1. The number of nitrogens with zero attached hydrogens (tertiary/aromatic N) is 4. The summed E-state index contributed by atoms with van der Waals surface area (Å²) in [6.07, 6.45) is 3.61. The van der Waals surface area contributed by atoms with Gasteiger partial charge in [0.25, 0.3) is 11.6 Å². The van der Waals surface area contributed by atoms with Crippen molar-refractivity contribution in [2.75, 3.05) is 13.1 Å². The van der Waals surface area contributed by atoms with Crippen LogP contribution < -0.4 is 0 Å². The Labute approximate surface area is 155 Å². The standard InChI is InChI=1S/C18H18N4O3S/c1-3-19-18-20(4-2)17(23)16(26-18)12-14-9-6-10-21(14)13-7-5-8-15(11-13)22(24)25/h5-12H,3-4H2,1-2H3/b16-12+,19-18?. The monoisotopic (exact) mass is 370 g/mol. The summed E-state index contributed by atoms with van der Waals surface area (Å²) in [6.45, 7) is 5.02. The zero-order valence-electron chi connectivity index (χ0n) is 14.5. The SMILES string of the molecule is CCN=C1S/C(=C/c2cccn2-c2cccc([N+](=O)[O-])c2)C(=O)N1CC. The highest BCUT2D eigenvalue weighted by atomic mass is 32.2. The van der Waals surface area contributed by atoms with Gasteiger partial charge >= 0.3 is 0 Å². The molecule has 1 aliphatic rings. The molecule has 1 aliphatic heterocycles. The molecule has 1 fully saturated rings. The van der Waals surface area contributed by atoms with E-state index in [-0.39, 0.29) is 11.6 Å². The van der Waals surface area contributed by atoms with Gasteiger partial charge in [-0.05, 0) is 49.9 Å². The van der Waals surface area contributed by atoms with Crippen molar-refractivity contribution < 1.29 is 9.72 Å². The quantitative estimate of drug-likeness (QED) is 0.457. The molecule has 2 aromatic rings. The lowest BCUT2D eigenvalue weighted by Gasteiger charge is -2.11. The Morgan fingerprint density at radius 2 is 2.08 bits per heavy atom. The summed E-state index contributed by atoms with van der Waals surface area (Å²) in [7, 11) is 0.